The summed E-state index contributed by atoms with van der Waals surface area (Å²) in [5.41, 5.74) is 0.376. The van der Waals surface area contributed by atoms with Gasteiger partial charge in [0.1, 0.15) is 16.7 Å². The van der Waals surface area contributed by atoms with Gasteiger partial charge in [0.05, 0.1) is 24.1 Å². The number of carbonyl (C=O) groups excluding carboxylic acids is 2. The SMILES string of the molecule is C[C@]1(Cn2ccnn2)[C@H](C(=O)OCc2ccc([N+](=O)[O-])cc2)N2C(=O)C[C@H]2S1(=O)=O. The minimum absolute atomic E-state index is 0.110. The van der Waals surface area contributed by atoms with Gasteiger partial charge < -0.3 is 9.64 Å². The number of β-lactam (4-membered cyclic amide) rings is 1. The number of sulfone groups is 1. The lowest BCUT2D eigenvalue weighted by Gasteiger charge is -2.36. The zero-order valence-corrected chi connectivity index (χ0v) is 16.6. The summed E-state index contributed by atoms with van der Waals surface area (Å²) in [5, 5.41) is 17.1. The fraction of sp³-hybridized carbons (Fsp3) is 0.412. The van der Waals surface area contributed by atoms with Crippen LogP contribution in [-0.2, 0) is 37.3 Å². The van der Waals surface area contributed by atoms with E-state index in [1.807, 2.05) is 0 Å². The molecule has 158 valence electrons. The molecule has 2 aliphatic heterocycles. The van der Waals surface area contributed by atoms with Crippen LogP contribution in [0.2, 0.25) is 0 Å². The molecule has 1 amide bonds. The molecule has 2 saturated heterocycles. The number of nitro groups is 1. The smallest absolute Gasteiger partial charge is 0.330 e. The van der Waals surface area contributed by atoms with E-state index in [0.717, 1.165) is 4.90 Å². The number of aromatic nitrogens is 3. The van der Waals surface area contributed by atoms with Crippen molar-refractivity contribution in [1.82, 2.24) is 19.9 Å². The number of fused-ring (bicyclic) bond motifs is 1. The van der Waals surface area contributed by atoms with E-state index < -0.39 is 42.8 Å². The average molecular weight is 435 g/mol. The van der Waals surface area contributed by atoms with Crippen LogP contribution < -0.4 is 0 Å². The molecule has 1 aromatic heterocycles. The summed E-state index contributed by atoms with van der Waals surface area (Å²) in [6.45, 7) is 1.000. The first kappa shape index (κ1) is 19.9. The molecule has 3 atom stereocenters. The molecule has 0 unspecified atom stereocenters. The van der Waals surface area contributed by atoms with Crippen molar-refractivity contribution in [3.8, 4) is 0 Å². The normalized spacial score (nSPS) is 26.7. The second-order valence-electron chi connectivity index (χ2n) is 7.35. The predicted octanol–water partition coefficient (Wildman–Crippen LogP) is 0.0438. The summed E-state index contributed by atoms with van der Waals surface area (Å²) >= 11 is 0. The van der Waals surface area contributed by atoms with E-state index in [0.29, 0.717) is 5.56 Å². The quantitative estimate of drug-likeness (QED) is 0.265. The minimum Gasteiger partial charge on any atom is -0.459 e. The van der Waals surface area contributed by atoms with Crippen LogP contribution in [0.1, 0.15) is 18.9 Å². The molecule has 0 aliphatic carbocycles. The molecule has 0 N–H and O–H groups in total. The van der Waals surface area contributed by atoms with Crippen LogP contribution in [0.5, 0.6) is 0 Å². The van der Waals surface area contributed by atoms with Gasteiger partial charge in [-0.15, -0.1) is 5.10 Å². The molecular weight excluding hydrogens is 418 g/mol. The lowest BCUT2D eigenvalue weighted by Crippen LogP contribution is -2.58. The third kappa shape index (κ3) is 2.93. The highest BCUT2D eigenvalue weighted by Gasteiger charge is 2.70. The number of nitrogens with zero attached hydrogens (tertiary/aromatic N) is 5. The van der Waals surface area contributed by atoms with Gasteiger partial charge in [-0.2, -0.15) is 0 Å². The second kappa shape index (κ2) is 6.86. The molecule has 2 aromatic rings. The number of non-ortho nitro benzene ring substituents is 1. The Morgan fingerprint density at radius 1 is 1.37 bits per heavy atom. The first-order valence-corrected chi connectivity index (χ1v) is 10.5. The molecule has 1 aromatic carbocycles. The van der Waals surface area contributed by atoms with Crippen molar-refractivity contribution >= 4 is 27.4 Å². The first-order valence-electron chi connectivity index (χ1n) is 8.94. The van der Waals surface area contributed by atoms with Gasteiger partial charge in [-0.25, -0.2) is 13.2 Å². The molecule has 12 nitrogen and oxygen atoms in total. The van der Waals surface area contributed by atoms with E-state index in [1.165, 1.54) is 48.3 Å². The summed E-state index contributed by atoms with van der Waals surface area (Å²) in [6, 6.07) is 4.07. The molecule has 13 heteroatoms. The molecule has 2 aliphatic rings. The van der Waals surface area contributed by atoms with Crippen molar-refractivity contribution in [3.05, 3.63) is 52.3 Å². The van der Waals surface area contributed by atoms with Gasteiger partial charge in [-0.1, -0.05) is 5.21 Å². The summed E-state index contributed by atoms with van der Waals surface area (Å²) in [5.74, 6) is -1.31. The molecule has 2 fully saturated rings. The number of benzene rings is 1. The fourth-order valence-corrected chi connectivity index (χ4v) is 6.21. The lowest BCUT2D eigenvalue weighted by atomic mass is 9.96. The van der Waals surface area contributed by atoms with Crippen LogP contribution >= 0.6 is 0 Å². The Morgan fingerprint density at radius 2 is 2.07 bits per heavy atom. The predicted molar refractivity (Wildman–Crippen MR) is 99.3 cm³/mol. The van der Waals surface area contributed by atoms with E-state index in [1.54, 1.807) is 0 Å². The number of rotatable bonds is 6. The Morgan fingerprint density at radius 3 is 2.63 bits per heavy atom. The maximum absolute atomic E-state index is 13.1. The van der Waals surface area contributed by atoms with Gasteiger partial charge >= 0.3 is 5.97 Å². The average Bonchev–Trinajstić information content (AvgIpc) is 3.24. The maximum atomic E-state index is 13.1. The van der Waals surface area contributed by atoms with Crippen LogP contribution in [0.3, 0.4) is 0 Å². The van der Waals surface area contributed by atoms with Crippen molar-refractivity contribution in [3.63, 3.8) is 0 Å². The van der Waals surface area contributed by atoms with Gasteiger partial charge in [0, 0.05) is 18.3 Å². The zero-order chi connectivity index (χ0) is 21.7. The van der Waals surface area contributed by atoms with E-state index in [2.05, 4.69) is 10.3 Å². The van der Waals surface area contributed by atoms with Crippen molar-refractivity contribution in [2.75, 3.05) is 0 Å². The van der Waals surface area contributed by atoms with Gasteiger partial charge in [-0.05, 0) is 24.6 Å². The van der Waals surface area contributed by atoms with E-state index in [-0.39, 0.29) is 25.3 Å². The van der Waals surface area contributed by atoms with Gasteiger partial charge in [-0.3, -0.25) is 19.6 Å². The van der Waals surface area contributed by atoms with Crippen LogP contribution in [0.15, 0.2) is 36.7 Å². The standard InChI is InChI=1S/C17H17N5O7S/c1-17(10-20-7-6-18-19-20)15(21-13(23)8-14(21)30(17,27)28)16(24)29-9-11-2-4-12(5-3-11)22(25)26/h2-7,14-15H,8-10H2,1H3/t14-,15+,17+/m1/s1. The maximum Gasteiger partial charge on any atom is 0.330 e. The number of hydrogen-bond acceptors (Lipinski definition) is 9. The highest BCUT2D eigenvalue weighted by molar-refractivity contribution is 7.93. The van der Waals surface area contributed by atoms with Crippen molar-refractivity contribution in [2.24, 2.45) is 0 Å². The molecule has 0 radical (unpaired) electrons. The number of ether oxygens (including phenoxy) is 1. The molecule has 0 spiro atoms. The van der Waals surface area contributed by atoms with Crippen LogP contribution in [0.4, 0.5) is 5.69 Å². The Balaban J connectivity index is 1.58. The fourth-order valence-electron chi connectivity index (χ4n) is 3.86. The largest absolute Gasteiger partial charge is 0.459 e. The van der Waals surface area contributed by atoms with E-state index in [4.69, 9.17) is 4.74 Å². The van der Waals surface area contributed by atoms with E-state index in [9.17, 15) is 28.1 Å². The first-order chi connectivity index (χ1) is 14.1. The summed E-state index contributed by atoms with van der Waals surface area (Å²) in [6.07, 6.45) is 2.67. The summed E-state index contributed by atoms with van der Waals surface area (Å²) in [4.78, 5) is 36.3. The molecular formula is C17H17N5O7S. The number of esters is 1. The Hall–Kier alpha value is -3.35. The molecule has 0 saturated carbocycles. The summed E-state index contributed by atoms with van der Waals surface area (Å²) in [7, 11) is -3.89. The highest BCUT2D eigenvalue weighted by atomic mass is 32.2. The second-order valence-corrected chi connectivity index (χ2v) is 9.92. The topological polar surface area (TPSA) is 155 Å². The van der Waals surface area contributed by atoms with E-state index >= 15 is 0 Å². The number of hydrogen-bond donors (Lipinski definition) is 0. The molecule has 30 heavy (non-hydrogen) atoms. The van der Waals surface area contributed by atoms with Gasteiger partial charge in [0.15, 0.2) is 15.9 Å². The van der Waals surface area contributed by atoms with Crippen LogP contribution in [0.25, 0.3) is 0 Å². The lowest BCUT2D eigenvalue weighted by molar-refractivity contribution is -0.384. The number of nitro benzene ring substituents is 1. The van der Waals surface area contributed by atoms with Crippen LogP contribution in [0, 0.1) is 10.1 Å². The third-order valence-corrected chi connectivity index (χ3v) is 8.27. The third-order valence-electron chi connectivity index (χ3n) is 5.51. The van der Waals surface area contributed by atoms with Gasteiger partial charge in [0.2, 0.25) is 5.91 Å². The Bertz CT molecular complexity index is 1120. The minimum atomic E-state index is -3.89. The van der Waals surface area contributed by atoms with Crippen LogP contribution in [-0.4, -0.2) is 61.3 Å². The number of carbonyl (C=O) groups is 2. The monoisotopic (exact) mass is 435 g/mol. The van der Waals surface area contributed by atoms with Crippen molar-refractivity contribution in [1.29, 1.82) is 0 Å². The van der Waals surface area contributed by atoms with Crippen molar-refractivity contribution in [2.45, 2.75) is 42.7 Å². The molecule has 3 heterocycles. The Labute approximate surface area is 170 Å². The molecule has 0 bridgehead atoms. The highest BCUT2D eigenvalue weighted by Crippen LogP contribution is 2.47. The zero-order valence-electron chi connectivity index (χ0n) is 15.7. The van der Waals surface area contributed by atoms with Gasteiger partial charge in [0.25, 0.3) is 5.69 Å². The number of amides is 1. The summed E-state index contributed by atoms with van der Waals surface area (Å²) < 4.78 is 31.2. The Kier molecular flexibility index (Phi) is 4.56. The van der Waals surface area contributed by atoms with Crippen molar-refractivity contribution < 1.29 is 27.7 Å². The molecule has 4 rings (SSSR count).